The highest BCUT2D eigenvalue weighted by Gasteiger charge is 2.26. The maximum Gasteiger partial charge on any atom is 0.159 e. The summed E-state index contributed by atoms with van der Waals surface area (Å²) in [5.74, 6) is 0. The maximum absolute atomic E-state index is 6.62. The molecule has 0 unspecified atom stereocenters. The molecule has 0 amide bonds. The van der Waals surface area contributed by atoms with Gasteiger partial charge in [0.15, 0.2) is 5.58 Å². The molecule has 0 bridgehead atoms. The van der Waals surface area contributed by atoms with Gasteiger partial charge in [-0.1, -0.05) is 97.1 Å². The fourth-order valence-electron chi connectivity index (χ4n) is 8.41. The summed E-state index contributed by atoms with van der Waals surface area (Å²) in [7, 11) is 0. The largest absolute Gasteiger partial charge is 0.454 e. The van der Waals surface area contributed by atoms with Crippen molar-refractivity contribution in [2.45, 2.75) is 6.92 Å². The van der Waals surface area contributed by atoms with E-state index in [9.17, 15) is 0 Å². The van der Waals surface area contributed by atoms with Gasteiger partial charge in [0.2, 0.25) is 0 Å². The number of fused-ring (bicyclic) bond motifs is 9. The van der Waals surface area contributed by atoms with Crippen molar-refractivity contribution in [3.63, 3.8) is 0 Å². The highest BCUT2D eigenvalue weighted by atomic mass is 16.3. The summed E-state index contributed by atoms with van der Waals surface area (Å²) in [6, 6.07) is 67.7. The molecule has 1 heterocycles. The fourth-order valence-corrected chi connectivity index (χ4v) is 8.41. The molecule has 54 heavy (non-hydrogen) atoms. The Hall–Kier alpha value is -7.10. The first-order valence-corrected chi connectivity index (χ1v) is 18.5. The molecule has 1 aliphatic carbocycles. The van der Waals surface area contributed by atoms with Gasteiger partial charge in [0.05, 0.1) is 5.69 Å². The Morgan fingerprint density at radius 3 is 1.37 bits per heavy atom. The summed E-state index contributed by atoms with van der Waals surface area (Å²) in [5, 5.41) is 7.16. The van der Waals surface area contributed by atoms with Crippen molar-refractivity contribution in [3.8, 4) is 22.3 Å². The van der Waals surface area contributed by atoms with Crippen LogP contribution in [0.15, 0.2) is 192 Å². The number of rotatable bonds is 6. The van der Waals surface area contributed by atoms with Gasteiger partial charge in [0.25, 0.3) is 0 Å². The average Bonchev–Trinajstić information content (AvgIpc) is 3.60. The van der Waals surface area contributed by atoms with Gasteiger partial charge in [-0.25, -0.2) is 0 Å². The van der Waals surface area contributed by atoms with Crippen molar-refractivity contribution in [2.75, 3.05) is 9.80 Å². The summed E-state index contributed by atoms with van der Waals surface area (Å²) in [4.78, 5) is 4.68. The van der Waals surface area contributed by atoms with E-state index in [1.54, 1.807) is 0 Å². The molecular formula is C51H34N2O. The van der Waals surface area contributed by atoms with Crippen LogP contribution < -0.4 is 9.80 Å². The molecule has 0 fully saturated rings. The van der Waals surface area contributed by atoms with Gasteiger partial charge in [-0.3, -0.25) is 0 Å². The first-order valence-electron chi connectivity index (χ1n) is 18.5. The lowest BCUT2D eigenvalue weighted by molar-refractivity contribution is 0.668. The Bertz CT molecular complexity index is 3020. The van der Waals surface area contributed by atoms with Crippen molar-refractivity contribution in [2.24, 2.45) is 0 Å². The van der Waals surface area contributed by atoms with E-state index in [1.807, 2.05) is 6.07 Å². The zero-order valence-corrected chi connectivity index (χ0v) is 29.7. The minimum Gasteiger partial charge on any atom is -0.454 e. The van der Waals surface area contributed by atoms with Gasteiger partial charge < -0.3 is 14.2 Å². The van der Waals surface area contributed by atoms with Crippen molar-refractivity contribution < 1.29 is 4.42 Å². The third-order valence-electron chi connectivity index (χ3n) is 11.0. The van der Waals surface area contributed by atoms with E-state index in [4.69, 9.17) is 4.42 Å². The van der Waals surface area contributed by atoms with Crippen molar-refractivity contribution >= 4 is 77.6 Å². The molecule has 3 heteroatoms. The second-order valence-corrected chi connectivity index (χ2v) is 14.2. The average molecular weight is 691 g/mol. The van der Waals surface area contributed by atoms with Crippen molar-refractivity contribution in [1.82, 2.24) is 0 Å². The van der Waals surface area contributed by atoms with E-state index in [0.29, 0.717) is 0 Å². The monoisotopic (exact) mass is 690 g/mol. The lowest BCUT2D eigenvalue weighted by Crippen LogP contribution is -2.11. The van der Waals surface area contributed by atoms with Gasteiger partial charge in [-0.05, 0) is 147 Å². The van der Waals surface area contributed by atoms with E-state index in [1.165, 1.54) is 43.8 Å². The van der Waals surface area contributed by atoms with E-state index in [-0.39, 0.29) is 0 Å². The number of hydrogen-bond donors (Lipinski definition) is 0. The molecule has 1 aliphatic rings. The van der Waals surface area contributed by atoms with Crippen LogP contribution in [-0.2, 0) is 0 Å². The summed E-state index contributed by atoms with van der Waals surface area (Å²) < 4.78 is 6.62. The molecular weight excluding hydrogens is 657 g/mol. The van der Waals surface area contributed by atoms with Gasteiger partial charge >= 0.3 is 0 Å². The minimum absolute atomic E-state index is 0.900. The Kier molecular flexibility index (Phi) is 6.77. The summed E-state index contributed by atoms with van der Waals surface area (Å²) >= 11 is 0. The number of anilines is 6. The van der Waals surface area contributed by atoms with E-state index >= 15 is 0 Å². The first kappa shape index (κ1) is 30.5. The zero-order chi connectivity index (χ0) is 35.8. The molecule has 0 spiro atoms. The van der Waals surface area contributed by atoms with Crippen molar-refractivity contribution in [1.29, 1.82) is 0 Å². The van der Waals surface area contributed by atoms with Crippen LogP contribution in [-0.4, -0.2) is 0 Å². The van der Waals surface area contributed by atoms with Crippen LogP contribution in [0.5, 0.6) is 0 Å². The van der Waals surface area contributed by atoms with Gasteiger partial charge in [0.1, 0.15) is 5.58 Å². The normalized spacial score (nSPS) is 11.8. The van der Waals surface area contributed by atoms with Crippen LogP contribution in [0.4, 0.5) is 34.1 Å². The van der Waals surface area contributed by atoms with E-state index in [2.05, 4.69) is 199 Å². The predicted molar refractivity (Wildman–Crippen MR) is 227 cm³/mol. The molecule has 3 nitrogen and oxygen atoms in total. The predicted octanol–water partition coefficient (Wildman–Crippen LogP) is 14.8. The molecule has 1 aromatic heterocycles. The number of aryl methyl sites for hydroxylation is 1. The quantitative estimate of drug-likeness (QED) is 0.173. The third-order valence-corrected chi connectivity index (χ3v) is 11.0. The Morgan fingerprint density at radius 1 is 0.352 bits per heavy atom. The molecule has 0 saturated heterocycles. The molecule has 0 atom stereocenters. The molecule has 0 saturated carbocycles. The van der Waals surface area contributed by atoms with E-state index < -0.39 is 0 Å². The maximum atomic E-state index is 6.62. The van der Waals surface area contributed by atoms with E-state index in [0.717, 1.165) is 61.6 Å². The number of benzene rings is 9. The molecule has 11 rings (SSSR count). The number of furan rings is 1. The molecule has 10 aromatic rings. The zero-order valence-electron chi connectivity index (χ0n) is 29.7. The second kappa shape index (κ2) is 12.0. The van der Waals surface area contributed by atoms with Crippen LogP contribution in [0.25, 0.3) is 65.7 Å². The van der Waals surface area contributed by atoms with Crippen LogP contribution in [0, 0.1) is 6.92 Å². The van der Waals surface area contributed by atoms with Crippen LogP contribution in [0.3, 0.4) is 0 Å². The van der Waals surface area contributed by atoms with Crippen LogP contribution >= 0.6 is 0 Å². The molecule has 254 valence electrons. The summed E-state index contributed by atoms with van der Waals surface area (Å²) in [6.45, 7) is 2.17. The Morgan fingerprint density at radius 2 is 0.815 bits per heavy atom. The number of hydrogen-bond acceptors (Lipinski definition) is 3. The Labute approximate surface area is 313 Å². The number of nitrogens with zero attached hydrogens (tertiary/aromatic N) is 2. The van der Waals surface area contributed by atoms with Crippen LogP contribution in [0.1, 0.15) is 5.56 Å². The summed E-state index contributed by atoms with van der Waals surface area (Å²) in [5.41, 5.74) is 14.8. The molecule has 0 radical (unpaired) electrons. The highest BCUT2D eigenvalue weighted by molar-refractivity contribution is 6.14. The minimum atomic E-state index is 0.900. The fraction of sp³-hybridized carbons (Fsp3) is 0.0196. The second-order valence-electron chi connectivity index (χ2n) is 14.2. The van der Waals surface area contributed by atoms with Gasteiger partial charge in [0, 0.05) is 39.2 Å². The standard InChI is InChI=1S/C51H34N2O/c1-33-21-26-44-43-19-11-12-20-49(43)54-51(44)50(33)53(40-17-9-4-10-18-40)42-25-23-35-30-46-47-31-36-27-41(24-22-34(36)29-45(47)48(46)32-37(35)28-42)52(38-13-5-2-6-14-38)39-15-7-3-8-16-39/h2-32H,1H3. The topological polar surface area (TPSA) is 19.6 Å². The third kappa shape index (κ3) is 4.76. The first-order chi connectivity index (χ1) is 26.7. The van der Waals surface area contributed by atoms with Crippen LogP contribution in [0.2, 0.25) is 0 Å². The SMILES string of the molecule is Cc1ccc2c(oc3ccccc32)c1N(c1ccccc1)c1ccc2cc3c(cc2c1)-c1cc2ccc(N(c4ccccc4)c4ccccc4)cc2cc1-3. The lowest BCUT2D eigenvalue weighted by Gasteiger charge is -2.29. The highest BCUT2D eigenvalue weighted by Crippen LogP contribution is 2.52. The van der Waals surface area contributed by atoms with Gasteiger partial charge in [-0.2, -0.15) is 0 Å². The molecule has 0 aliphatic heterocycles. The smallest absolute Gasteiger partial charge is 0.159 e. The molecule has 9 aromatic carbocycles. The summed E-state index contributed by atoms with van der Waals surface area (Å²) in [6.07, 6.45) is 0. The number of para-hydroxylation sites is 4. The van der Waals surface area contributed by atoms with Crippen molar-refractivity contribution in [3.05, 3.63) is 194 Å². The molecule has 0 N–H and O–H groups in total. The van der Waals surface area contributed by atoms with Gasteiger partial charge in [-0.15, -0.1) is 0 Å². The lowest BCUT2D eigenvalue weighted by atomic mass is 9.78. The Balaban J connectivity index is 1.02.